The van der Waals surface area contributed by atoms with Gasteiger partial charge < -0.3 is 30.1 Å². The summed E-state index contributed by atoms with van der Waals surface area (Å²) in [6.07, 6.45) is 2.43. The molecule has 2 atom stereocenters. The number of ether oxygens (including phenoxy) is 2. The van der Waals surface area contributed by atoms with Gasteiger partial charge in [-0.15, -0.1) is 0 Å². The molecule has 2 aliphatic rings. The Hall–Kier alpha value is -2.50. The zero-order valence-electron chi connectivity index (χ0n) is 18.5. The van der Waals surface area contributed by atoms with Gasteiger partial charge in [0, 0.05) is 49.6 Å². The van der Waals surface area contributed by atoms with Crippen LogP contribution in [0.5, 0.6) is 11.5 Å². The molecule has 0 radical (unpaired) electrons. The quantitative estimate of drug-likeness (QED) is 0.544. The number of hydrogen-bond donors (Lipinski definition) is 3. The Bertz CT molecular complexity index is 793. The minimum Gasteiger partial charge on any atom is -0.489 e. The number of aliphatic hydroxyl groups is 1. The minimum absolute atomic E-state index is 0.00362. The normalized spacial score (nSPS) is 21.3. The van der Waals surface area contributed by atoms with Crippen molar-refractivity contribution in [2.24, 2.45) is 5.92 Å². The molecule has 0 aliphatic carbocycles. The van der Waals surface area contributed by atoms with E-state index < -0.39 is 6.10 Å². The molecule has 1 fully saturated rings. The van der Waals surface area contributed by atoms with E-state index in [0.29, 0.717) is 49.8 Å². The minimum atomic E-state index is -0.498. The smallest absolute Gasteiger partial charge is 0.255 e. The average Bonchev–Trinajstić information content (AvgIpc) is 2.97. The number of hydrogen-bond acceptors (Lipinski definition) is 7. The molecule has 1 aromatic rings. The number of amides is 1. The molecule has 8 nitrogen and oxygen atoms in total. The lowest BCUT2D eigenvalue weighted by molar-refractivity contribution is 0.0219. The Balaban J connectivity index is 1.63. The van der Waals surface area contributed by atoms with Crippen LogP contribution in [-0.4, -0.2) is 67.5 Å². The van der Waals surface area contributed by atoms with Gasteiger partial charge in [-0.2, -0.15) is 5.26 Å². The Morgan fingerprint density at radius 2 is 2.16 bits per heavy atom. The Morgan fingerprint density at radius 3 is 2.90 bits per heavy atom. The summed E-state index contributed by atoms with van der Waals surface area (Å²) in [7, 11) is 0. The van der Waals surface area contributed by atoms with Crippen LogP contribution < -0.4 is 20.1 Å². The van der Waals surface area contributed by atoms with E-state index in [2.05, 4.69) is 21.6 Å². The lowest BCUT2D eigenvalue weighted by atomic mass is 9.93. The van der Waals surface area contributed by atoms with E-state index in [9.17, 15) is 9.90 Å². The van der Waals surface area contributed by atoms with Gasteiger partial charge in [-0.1, -0.05) is 0 Å². The van der Waals surface area contributed by atoms with Crippen molar-refractivity contribution in [3.63, 3.8) is 0 Å². The van der Waals surface area contributed by atoms with Crippen LogP contribution in [0.3, 0.4) is 0 Å². The molecule has 1 aromatic carbocycles. The van der Waals surface area contributed by atoms with Crippen LogP contribution in [0.4, 0.5) is 5.69 Å². The Labute approximate surface area is 184 Å². The number of piperidine rings is 1. The summed E-state index contributed by atoms with van der Waals surface area (Å²) >= 11 is 0. The van der Waals surface area contributed by atoms with Crippen molar-refractivity contribution in [1.82, 2.24) is 10.2 Å². The number of rotatable bonds is 8. The zero-order valence-corrected chi connectivity index (χ0v) is 18.5. The molecule has 0 aromatic heterocycles. The molecule has 31 heavy (non-hydrogen) atoms. The maximum atomic E-state index is 13.1. The zero-order chi connectivity index (χ0) is 22.2. The van der Waals surface area contributed by atoms with Gasteiger partial charge in [0.25, 0.3) is 5.91 Å². The number of nitriles is 1. The summed E-state index contributed by atoms with van der Waals surface area (Å²) in [5, 5.41) is 25.5. The Kier molecular flexibility index (Phi) is 8.38. The molecule has 3 N–H and O–H groups in total. The predicted molar refractivity (Wildman–Crippen MR) is 119 cm³/mol. The fourth-order valence-corrected chi connectivity index (χ4v) is 4.05. The van der Waals surface area contributed by atoms with Gasteiger partial charge in [0.2, 0.25) is 0 Å². The van der Waals surface area contributed by atoms with Gasteiger partial charge in [-0.3, -0.25) is 4.79 Å². The summed E-state index contributed by atoms with van der Waals surface area (Å²) in [4.78, 5) is 15.2. The number of β-amino-alcohol motifs (C(OH)–C–C–N with tert-alkyl or cyclic N) is 1. The van der Waals surface area contributed by atoms with Crippen LogP contribution in [0.1, 0.15) is 49.9 Å². The van der Waals surface area contributed by atoms with Crippen LogP contribution in [-0.2, 0) is 0 Å². The number of anilines is 1. The van der Waals surface area contributed by atoms with Crippen LogP contribution in [0.25, 0.3) is 0 Å². The van der Waals surface area contributed by atoms with Gasteiger partial charge in [0.05, 0.1) is 31.0 Å². The molecule has 8 heteroatoms. The highest BCUT2D eigenvalue weighted by molar-refractivity contribution is 5.99. The van der Waals surface area contributed by atoms with E-state index in [4.69, 9.17) is 14.7 Å². The van der Waals surface area contributed by atoms with Crippen LogP contribution in [0.2, 0.25) is 0 Å². The fourth-order valence-electron chi connectivity index (χ4n) is 4.05. The first-order chi connectivity index (χ1) is 15.0. The number of nitrogens with one attached hydrogen (secondary N) is 2. The van der Waals surface area contributed by atoms with E-state index in [1.165, 1.54) is 0 Å². The lowest BCUT2D eigenvalue weighted by Gasteiger charge is -2.36. The first kappa shape index (κ1) is 23.2. The van der Waals surface area contributed by atoms with Crippen molar-refractivity contribution >= 4 is 11.6 Å². The average molecular weight is 431 g/mol. The monoisotopic (exact) mass is 430 g/mol. The van der Waals surface area contributed by atoms with E-state index in [-0.39, 0.29) is 17.9 Å². The van der Waals surface area contributed by atoms with E-state index in [1.54, 1.807) is 6.07 Å². The van der Waals surface area contributed by atoms with Crippen molar-refractivity contribution in [3.05, 3.63) is 17.7 Å². The van der Waals surface area contributed by atoms with Gasteiger partial charge >= 0.3 is 0 Å². The highest BCUT2D eigenvalue weighted by Gasteiger charge is 2.29. The molecule has 3 rings (SSSR count). The highest BCUT2D eigenvalue weighted by atomic mass is 16.5. The van der Waals surface area contributed by atoms with Crippen LogP contribution in [0, 0.1) is 17.2 Å². The Morgan fingerprint density at radius 1 is 1.35 bits per heavy atom. The maximum absolute atomic E-state index is 13.1. The van der Waals surface area contributed by atoms with E-state index in [1.807, 2.05) is 19.9 Å². The fraction of sp³-hybridized carbons (Fsp3) is 0.652. The molecular formula is C23H34N4O4. The summed E-state index contributed by atoms with van der Waals surface area (Å²) in [5.74, 6) is 0.845. The molecule has 2 aliphatic heterocycles. The molecule has 0 bridgehead atoms. The number of carbonyl (C=O) groups excluding carboxylic acids is 1. The van der Waals surface area contributed by atoms with Gasteiger partial charge in [-0.05, 0) is 45.8 Å². The summed E-state index contributed by atoms with van der Waals surface area (Å²) in [6.45, 7) is 7.81. The number of likely N-dealkylation sites (tertiary alicyclic amines) is 1. The molecular weight excluding hydrogens is 396 g/mol. The SMILES string of the molecule is CC(C)Nc1cc2c(c(C(=O)NC[C@@H]3CCN(CCCC#N)C[C@H]3O)c1)OCCCO2. The van der Waals surface area contributed by atoms with Crippen LogP contribution >= 0.6 is 0 Å². The number of aliphatic hydroxyl groups excluding tert-OH is 1. The van der Waals surface area contributed by atoms with Crippen LogP contribution in [0.15, 0.2) is 12.1 Å². The van der Waals surface area contributed by atoms with Crippen molar-refractivity contribution in [1.29, 1.82) is 5.26 Å². The second-order valence-corrected chi connectivity index (χ2v) is 8.59. The van der Waals surface area contributed by atoms with E-state index in [0.717, 1.165) is 38.0 Å². The molecule has 1 amide bonds. The predicted octanol–water partition coefficient (Wildman–Crippen LogP) is 2.38. The third kappa shape index (κ3) is 6.49. The van der Waals surface area contributed by atoms with Gasteiger partial charge in [0.1, 0.15) is 0 Å². The van der Waals surface area contributed by atoms with Gasteiger partial charge in [-0.25, -0.2) is 0 Å². The van der Waals surface area contributed by atoms with Crippen molar-refractivity contribution in [2.45, 2.75) is 51.7 Å². The second-order valence-electron chi connectivity index (χ2n) is 8.59. The number of benzene rings is 1. The number of unbranched alkanes of at least 4 members (excludes halogenated alkanes) is 1. The summed E-state index contributed by atoms with van der Waals surface area (Å²) < 4.78 is 11.7. The standard InChI is InChI=1S/C23H34N4O4/c1-16(2)26-18-12-19(22-21(13-18)30-10-5-11-31-22)23(29)25-14-17-6-9-27(15-20(17)28)8-4-3-7-24/h12-13,16-17,20,26,28H,3-6,8-11,14-15H2,1-2H3,(H,25,29)/t17-,20+/m0/s1. The first-order valence-corrected chi connectivity index (χ1v) is 11.2. The summed E-state index contributed by atoms with van der Waals surface area (Å²) in [5.41, 5.74) is 1.26. The lowest BCUT2D eigenvalue weighted by Crippen LogP contribution is -2.47. The van der Waals surface area contributed by atoms with Crippen molar-refractivity contribution in [3.8, 4) is 17.6 Å². The molecule has 170 valence electrons. The third-order valence-electron chi connectivity index (χ3n) is 5.64. The highest BCUT2D eigenvalue weighted by Crippen LogP contribution is 2.37. The molecule has 1 saturated heterocycles. The largest absolute Gasteiger partial charge is 0.489 e. The second kappa shape index (κ2) is 11.2. The van der Waals surface area contributed by atoms with Crippen molar-refractivity contribution < 1.29 is 19.4 Å². The topological polar surface area (TPSA) is 107 Å². The number of carbonyl (C=O) groups is 1. The third-order valence-corrected chi connectivity index (χ3v) is 5.64. The molecule has 0 saturated carbocycles. The first-order valence-electron chi connectivity index (χ1n) is 11.2. The maximum Gasteiger partial charge on any atom is 0.255 e. The van der Waals surface area contributed by atoms with E-state index >= 15 is 0 Å². The molecule has 0 unspecified atom stereocenters. The summed E-state index contributed by atoms with van der Waals surface area (Å²) in [6, 6.07) is 6.05. The van der Waals surface area contributed by atoms with Gasteiger partial charge in [0.15, 0.2) is 11.5 Å². The molecule has 0 spiro atoms. The number of fused-ring (bicyclic) bond motifs is 1. The number of nitrogens with zero attached hydrogens (tertiary/aromatic N) is 2. The molecule has 2 heterocycles. The van der Waals surface area contributed by atoms with Crippen molar-refractivity contribution in [2.75, 3.05) is 44.7 Å².